The van der Waals surface area contributed by atoms with E-state index >= 15 is 0 Å². The molecule has 2 heterocycles. The predicted octanol–water partition coefficient (Wildman–Crippen LogP) is 4.00. The average molecular weight is 330 g/mol. The molecular weight excluding hydrogens is 310 g/mol. The van der Waals surface area contributed by atoms with Gasteiger partial charge in [0.05, 0.1) is 0 Å². The highest BCUT2D eigenvalue weighted by Gasteiger charge is 2.20. The summed E-state index contributed by atoms with van der Waals surface area (Å²) in [6.45, 7) is 7.69. The van der Waals surface area contributed by atoms with Crippen LogP contribution in [0.25, 0.3) is 16.9 Å². The van der Waals surface area contributed by atoms with E-state index in [9.17, 15) is 5.11 Å². The Hall–Kier alpha value is -1.91. The molecule has 120 valence electrons. The number of benzene rings is 1. The molecule has 4 nitrogen and oxygen atoms in total. The molecule has 1 atom stereocenters. The molecule has 0 saturated carbocycles. The lowest BCUT2D eigenvalue weighted by Gasteiger charge is -2.16. The van der Waals surface area contributed by atoms with E-state index in [2.05, 4.69) is 23.4 Å². The van der Waals surface area contributed by atoms with Gasteiger partial charge in [-0.2, -0.15) is 0 Å². The van der Waals surface area contributed by atoms with Crippen molar-refractivity contribution in [3.63, 3.8) is 0 Å². The lowest BCUT2D eigenvalue weighted by Crippen LogP contribution is -2.12. The molecule has 0 aliphatic carbocycles. The minimum atomic E-state index is -1.37. The van der Waals surface area contributed by atoms with Gasteiger partial charge in [-0.15, -0.1) is 0 Å². The number of imidazole rings is 1. The monoisotopic (exact) mass is 329 g/mol. The van der Waals surface area contributed by atoms with E-state index in [1.54, 1.807) is 6.92 Å². The Morgan fingerprint density at radius 1 is 1.17 bits per heavy atom. The lowest BCUT2D eigenvalue weighted by molar-refractivity contribution is 0.150. The quantitative estimate of drug-likeness (QED) is 0.739. The fraction of sp³-hybridized carbons (Fsp3) is 0.333. The summed E-state index contributed by atoms with van der Waals surface area (Å²) < 4.78 is 2.07. The minimum Gasteiger partial charge on any atom is -0.371 e. The molecule has 1 unspecified atom stereocenters. The number of alkyl halides is 1. The first-order chi connectivity index (χ1) is 10.8. The van der Waals surface area contributed by atoms with Crippen LogP contribution in [-0.2, 0) is 11.5 Å². The second kappa shape index (κ2) is 5.62. The molecule has 2 aromatic heterocycles. The van der Waals surface area contributed by atoms with Gasteiger partial charge in [0.25, 0.3) is 0 Å². The second-order valence-electron chi connectivity index (χ2n) is 5.97. The number of aliphatic hydroxyl groups is 1. The van der Waals surface area contributed by atoms with E-state index in [1.807, 2.05) is 37.3 Å². The number of fused-ring (bicyclic) bond motifs is 1. The molecule has 0 amide bonds. The predicted molar refractivity (Wildman–Crippen MR) is 93.1 cm³/mol. The molecule has 1 N–H and O–H groups in total. The summed E-state index contributed by atoms with van der Waals surface area (Å²) in [5.74, 6) is 0.964. The topological polar surface area (TPSA) is 50.9 Å². The Balaban J connectivity index is 2.22. The van der Waals surface area contributed by atoms with Crippen molar-refractivity contribution in [3.05, 3.63) is 53.0 Å². The van der Waals surface area contributed by atoms with Crippen molar-refractivity contribution in [2.75, 3.05) is 0 Å². The highest BCUT2D eigenvalue weighted by molar-refractivity contribution is 6.22. The molecule has 3 aromatic rings. The summed E-state index contributed by atoms with van der Waals surface area (Å²) in [4.78, 5) is 9.42. The van der Waals surface area contributed by atoms with E-state index in [-0.39, 0.29) is 0 Å². The van der Waals surface area contributed by atoms with Crippen LogP contribution in [0.4, 0.5) is 0 Å². The van der Waals surface area contributed by atoms with Crippen molar-refractivity contribution in [1.29, 1.82) is 0 Å². The third-order valence-corrected chi connectivity index (χ3v) is 4.19. The number of pyridine rings is 1. The summed E-state index contributed by atoms with van der Waals surface area (Å²) in [5.41, 5.74) is 5.52. The normalized spacial score (nSPS) is 14.2. The smallest absolute Gasteiger partial charge is 0.165 e. The number of hydrogen-bond acceptors (Lipinski definition) is 3. The number of halogens is 1. The van der Waals surface area contributed by atoms with Crippen molar-refractivity contribution in [1.82, 2.24) is 14.5 Å². The Kier molecular flexibility index (Phi) is 3.90. The van der Waals surface area contributed by atoms with E-state index in [0.717, 1.165) is 40.4 Å². The molecule has 0 spiro atoms. The van der Waals surface area contributed by atoms with Crippen LogP contribution < -0.4 is 0 Å². The fourth-order valence-electron chi connectivity index (χ4n) is 2.83. The summed E-state index contributed by atoms with van der Waals surface area (Å²) in [7, 11) is 0. The minimum absolute atomic E-state index is 0.658. The van der Waals surface area contributed by atoms with Crippen LogP contribution in [0.1, 0.15) is 36.5 Å². The molecule has 0 radical (unpaired) electrons. The Morgan fingerprint density at radius 2 is 1.83 bits per heavy atom. The molecule has 0 fully saturated rings. The van der Waals surface area contributed by atoms with Crippen LogP contribution in [-0.4, -0.2) is 19.6 Å². The van der Waals surface area contributed by atoms with Gasteiger partial charge in [-0.05, 0) is 50.1 Å². The number of hydrogen-bond donors (Lipinski definition) is 1. The van der Waals surface area contributed by atoms with Gasteiger partial charge in [0.2, 0.25) is 0 Å². The Bertz CT molecular complexity index is 861. The Morgan fingerprint density at radius 3 is 2.39 bits per heavy atom. The van der Waals surface area contributed by atoms with Crippen LogP contribution in [0, 0.1) is 13.8 Å². The molecule has 0 aliphatic rings. The van der Waals surface area contributed by atoms with E-state index in [4.69, 9.17) is 16.6 Å². The average Bonchev–Trinajstić information content (AvgIpc) is 2.85. The fourth-order valence-corrected chi connectivity index (χ4v) is 2.95. The maximum absolute atomic E-state index is 9.89. The molecule has 3 rings (SSSR count). The van der Waals surface area contributed by atoms with Gasteiger partial charge < -0.3 is 5.11 Å². The summed E-state index contributed by atoms with van der Waals surface area (Å²) >= 11 is 5.96. The number of nitrogens with zero attached hydrogens (tertiary/aromatic N) is 3. The maximum Gasteiger partial charge on any atom is 0.165 e. The number of rotatable bonds is 3. The summed E-state index contributed by atoms with van der Waals surface area (Å²) in [6, 6.07) is 9.58. The van der Waals surface area contributed by atoms with Gasteiger partial charge in [0.15, 0.2) is 10.7 Å². The van der Waals surface area contributed by atoms with Crippen LogP contribution in [0.15, 0.2) is 30.3 Å². The third-order valence-electron chi connectivity index (χ3n) is 3.97. The molecule has 0 saturated heterocycles. The van der Waals surface area contributed by atoms with Crippen LogP contribution >= 0.6 is 11.6 Å². The summed E-state index contributed by atoms with van der Waals surface area (Å²) in [6.07, 6.45) is 0.809. The van der Waals surface area contributed by atoms with Crippen molar-refractivity contribution < 1.29 is 5.11 Å². The van der Waals surface area contributed by atoms with Crippen LogP contribution in [0.3, 0.4) is 0 Å². The number of aromatic nitrogens is 3. The molecular formula is C18H20ClN3O. The van der Waals surface area contributed by atoms with Gasteiger partial charge in [-0.3, -0.25) is 4.57 Å². The molecule has 0 bridgehead atoms. The first kappa shape index (κ1) is 16.0. The van der Waals surface area contributed by atoms with Crippen molar-refractivity contribution in [2.45, 2.75) is 39.2 Å². The van der Waals surface area contributed by atoms with Gasteiger partial charge in [0.1, 0.15) is 11.3 Å². The van der Waals surface area contributed by atoms with Crippen LogP contribution in [0.5, 0.6) is 0 Å². The highest BCUT2D eigenvalue weighted by Crippen LogP contribution is 2.28. The molecule has 1 aromatic carbocycles. The van der Waals surface area contributed by atoms with E-state index in [0.29, 0.717) is 5.56 Å². The lowest BCUT2D eigenvalue weighted by atomic mass is 10.1. The molecule has 0 aliphatic heterocycles. The molecule has 5 heteroatoms. The first-order valence-electron chi connectivity index (χ1n) is 7.69. The van der Waals surface area contributed by atoms with E-state index < -0.39 is 5.06 Å². The first-order valence-corrected chi connectivity index (χ1v) is 8.07. The van der Waals surface area contributed by atoms with Gasteiger partial charge in [0, 0.05) is 17.8 Å². The standard InChI is InChI=1S/C18H20ClN3O/c1-5-15-21-16-11(2)10-12(3)20-17(16)22(15)14-8-6-13(7-9-14)18(4,19)23/h6-10,23H,5H2,1-4H3. The van der Waals surface area contributed by atoms with E-state index in [1.165, 1.54) is 0 Å². The second-order valence-corrected chi connectivity index (χ2v) is 6.71. The zero-order chi connectivity index (χ0) is 16.8. The van der Waals surface area contributed by atoms with Crippen molar-refractivity contribution >= 4 is 22.8 Å². The Labute approximate surface area is 140 Å². The zero-order valence-electron chi connectivity index (χ0n) is 13.8. The zero-order valence-corrected chi connectivity index (χ0v) is 14.5. The van der Waals surface area contributed by atoms with Gasteiger partial charge in [-0.1, -0.05) is 30.7 Å². The van der Waals surface area contributed by atoms with Crippen molar-refractivity contribution in [2.24, 2.45) is 0 Å². The molecule has 23 heavy (non-hydrogen) atoms. The van der Waals surface area contributed by atoms with Gasteiger partial charge in [-0.25, -0.2) is 9.97 Å². The SMILES string of the molecule is CCc1nc2c(C)cc(C)nc2n1-c1ccc(C(C)(O)Cl)cc1. The van der Waals surface area contributed by atoms with Gasteiger partial charge >= 0.3 is 0 Å². The number of aryl methyl sites for hydroxylation is 3. The maximum atomic E-state index is 9.89. The highest BCUT2D eigenvalue weighted by atomic mass is 35.5. The third kappa shape index (κ3) is 2.84. The summed E-state index contributed by atoms with van der Waals surface area (Å²) in [5, 5.41) is 8.52. The largest absolute Gasteiger partial charge is 0.371 e. The van der Waals surface area contributed by atoms with Crippen LogP contribution in [0.2, 0.25) is 0 Å². The van der Waals surface area contributed by atoms with Crippen molar-refractivity contribution in [3.8, 4) is 5.69 Å².